The smallest absolute Gasteiger partial charge is 0.160 e. The van der Waals surface area contributed by atoms with Crippen molar-refractivity contribution in [3.8, 4) is 44.9 Å². The zero-order valence-corrected chi connectivity index (χ0v) is 35.1. The third-order valence-corrected chi connectivity index (χ3v) is 15.0. The molecule has 3 nitrogen and oxygen atoms in total. The molecule has 0 aliphatic heterocycles. The van der Waals surface area contributed by atoms with Crippen molar-refractivity contribution in [2.24, 2.45) is 0 Å². The van der Waals surface area contributed by atoms with E-state index < -0.39 is 10.8 Å². The second-order valence-electron chi connectivity index (χ2n) is 17.8. The van der Waals surface area contributed by atoms with Gasteiger partial charge in [-0.1, -0.05) is 200 Å². The first-order chi connectivity index (χ1) is 32.3. The summed E-state index contributed by atoms with van der Waals surface area (Å²) < 4.78 is 7.20. The van der Waals surface area contributed by atoms with Gasteiger partial charge in [0.25, 0.3) is 0 Å². The van der Waals surface area contributed by atoms with Crippen LogP contribution in [0.5, 0.6) is 0 Å². The molecule has 3 aliphatic rings. The monoisotopic (exact) mass is 824 g/mol. The lowest BCUT2D eigenvalue weighted by Crippen LogP contribution is -2.44. The van der Waals surface area contributed by atoms with Gasteiger partial charge in [-0.2, -0.15) is 0 Å². The Kier molecular flexibility index (Phi) is 6.82. The SMILES string of the molecule is c1ccc2c(c1)-c1ccccc1C21c2ccccc2C2(c3ccccc31)c1c(-c3nc(-c4cccc5ccccc45)c4ccccc4n3)cccc1-c1ccc3c(oc4ccccc43)c12. The average molecular weight is 825 g/mol. The molecule has 0 amide bonds. The van der Waals surface area contributed by atoms with E-state index in [1.165, 1.54) is 55.5 Å². The van der Waals surface area contributed by atoms with Crippen LogP contribution in [0.1, 0.15) is 44.5 Å². The van der Waals surface area contributed by atoms with E-state index in [2.05, 4.69) is 218 Å². The molecule has 0 saturated carbocycles. The van der Waals surface area contributed by atoms with Crippen molar-refractivity contribution in [2.75, 3.05) is 0 Å². The van der Waals surface area contributed by atoms with E-state index in [0.29, 0.717) is 5.82 Å². The third-order valence-electron chi connectivity index (χ3n) is 15.0. The summed E-state index contributed by atoms with van der Waals surface area (Å²) in [6.45, 7) is 0. The average Bonchev–Trinajstić information content (AvgIpc) is 4.01. The van der Waals surface area contributed by atoms with Gasteiger partial charge in [-0.3, -0.25) is 0 Å². The minimum absolute atomic E-state index is 0.577. The number of furan rings is 1. The van der Waals surface area contributed by atoms with Crippen LogP contribution in [-0.2, 0) is 10.8 Å². The fraction of sp³-hybridized carbons (Fsp3) is 0.0323. The highest BCUT2D eigenvalue weighted by molar-refractivity contribution is 6.11. The molecular formula is C62H36N2O. The fourth-order valence-electron chi connectivity index (χ4n) is 12.6. The maximum Gasteiger partial charge on any atom is 0.160 e. The first kappa shape index (κ1) is 35.1. The van der Waals surface area contributed by atoms with Crippen molar-refractivity contribution in [1.29, 1.82) is 0 Å². The molecule has 300 valence electrons. The third kappa shape index (κ3) is 4.26. The lowest BCUT2D eigenvalue weighted by molar-refractivity contribution is 0.615. The van der Waals surface area contributed by atoms with Gasteiger partial charge in [0.1, 0.15) is 11.2 Å². The minimum Gasteiger partial charge on any atom is -0.456 e. The summed E-state index contributed by atoms with van der Waals surface area (Å²) in [7, 11) is 0. The quantitative estimate of drug-likeness (QED) is 0.174. The molecule has 65 heavy (non-hydrogen) atoms. The van der Waals surface area contributed by atoms with E-state index in [0.717, 1.165) is 71.7 Å². The Hall–Kier alpha value is -8.40. The number of fused-ring (bicyclic) bond motifs is 22. The maximum atomic E-state index is 7.20. The van der Waals surface area contributed by atoms with Crippen molar-refractivity contribution in [2.45, 2.75) is 10.8 Å². The Morgan fingerprint density at radius 3 is 1.55 bits per heavy atom. The highest BCUT2D eigenvalue weighted by atomic mass is 16.3. The Bertz CT molecular complexity index is 3940. The fourth-order valence-corrected chi connectivity index (χ4v) is 12.6. The van der Waals surface area contributed by atoms with E-state index in [1.807, 2.05) is 0 Å². The molecule has 12 aromatic rings. The Labute approximate surface area is 375 Å². The van der Waals surface area contributed by atoms with Crippen molar-refractivity contribution in [3.63, 3.8) is 0 Å². The highest BCUT2D eigenvalue weighted by Crippen LogP contribution is 2.69. The highest BCUT2D eigenvalue weighted by Gasteiger charge is 2.60. The molecule has 2 heterocycles. The first-order valence-electron chi connectivity index (χ1n) is 22.5. The van der Waals surface area contributed by atoms with Gasteiger partial charge in [0, 0.05) is 32.8 Å². The number of nitrogens with zero attached hydrogens (tertiary/aromatic N) is 2. The summed E-state index contributed by atoms with van der Waals surface area (Å²) in [6.07, 6.45) is 0. The van der Waals surface area contributed by atoms with Crippen LogP contribution in [-0.4, -0.2) is 9.97 Å². The van der Waals surface area contributed by atoms with Crippen LogP contribution in [0.15, 0.2) is 223 Å². The van der Waals surface area contributed by atoms with Gasteiger partial charge >= 0.3 is 0 Å². The van der Waals surface area contributed by atoms with E-state index >= 15 is 0 Å². The second kappa shape index (κ2) is 12.6. The molecule has 0 saturated heterocycles. The van der Waals surface area contributed by atoms with E-state index in [9.17, 15) is 0 Å². The molecule has 3 heteroatoms. The number of aromatic nitrogens is 2. The lowest BCUT2D eigenvalue weighted by Gasteiger charge is -2.49. The van der Waals surface area contributed by atoms with Gasteiger partial charge < -0.3 is 4.42 Å². The standard InChI is InChI=1S/C62H36N2O/c1-2-19-38-37(17-1)18-15-25-44(38)58-46-23-5-13-33-54(46)63-60(64-58)47-26-16-24-42-43-35-36-45-41-22-6-14-34-55(41)65-59(45)57(43)62(56(42)47)52-31-11-9-29-50(52)61(51-30-10-12-32-53(51)62)48-27-7-3-20-39(48)40-21-4-8-28-49(40)61/h1-36H. The number of hydrogen-bond acceptors (Lipinski definition) is 3. The normalized spacial score (nSPS) is 14.4. The molecule has 0 N–H and O–H groups in total. The topological polar surface area (TPSA) is 38.9 Å². The predicted molar refractivity (Wildman–Crippen MR) is 263 cm³/mol. The Morgan fingerprint density at radius 2 is 0.815 bits per heavy atom. The molecule has 0 unspecified atom stereocenters. The molecule has 15 rings (SSSR count). The van der Waals surface area contributed by atoms with Crippen LogP contribution in [0.3, 0.4) is 0 Å². The van der Waals surface area contributed by atoms with Crippen LogP contribution < -0.4 is 0 Å². The summed E-state index contributed by atoms with van der Waals surface area (Å²) in [5.41, 5.74) is 19.2. The van der Waals surface area contributed by atoms with Gasteiger partial charge in [0.15, 0.2) is 5.82 Å². The molecule has 3 aliphatic carbocycles. The van der Waals surface area contributed by atoms with E-state index in [-0.39, 0.29) is 0 Å². The molecule has 2 spiro atoms. The van der Waals surface area contributed by atoms with Crippen LogP contribution in [0.25, 0.3) is 88.5 Å². The zero-order chi connectivity index (χ0) is 42.4. The molecule has 0 radical (unpaired) electrons. The number of rotatable bonds is 2. The minimum atomic E-state index is -0.839. The lowest BCUT2D eigenvalue weighted by atomic mass is 9.52. The van der Waals surface area contributed by atoms with Gasteiger partial charge in [-0.05, 0) is 90.2 Å². The summed E-state index contributed by atoms with van der Waals surface area (Å²) in [6, 6.07) is 80.1. The van der Waals surface area contributed by atoms with Crippen molar-refractivity contribution in [3.05, 3.63) is 263 Å². The zero-order valence-electron chi connectivity index (χ0n) is 35.1. The van der Waals surface area contributed by atoms with Crippen LogP contribution >= 0.6 is 0 Å². The molecule has 0 atom stereocenters. The first-order valence-corrected chi connectivity index (χ1v) is 22.5. The van der Waals surface area contributed by atoms with Crippen molar-refractivity contribution >= 4 is 43.6 Å². The number of para-hydroxylation sites is 2. The summed E-state index contributed by atoms with van der Waals surface area (Å²) in [5, 5.41) is 5.59. The Morgan fingerprint density at radius 1 is 0.308 bits per heavy atom. The van der Waals surface area contributed by atoms with E-state index in [4.69, 9.17) is 14.4 Å². The molecule has 0 fully saturated rings. The molecular weight excluding hydrogens is 789 g/mol. The summed E-state index contributed by atoms with van der Waals surface area (Å²) in [5.74, 6) is 0.698. The van der Waals surface area contributed by atoms with Gasteiger partial charge in [0.2, 0.25) is 0 Å². The van der Waals surface area contributed by atoms with Crippen molar-refractivity contribution < 1.29 is 4.42 Å². The second-order valence-corrected chi connectivity index (χ2v) is 17.8. The van der Waals surface area contributed by atoms with E-state index in [1.54, 1.807) is 0 Å². The predicted octanol–water partition coefficient (Wildman–Crippen LogP) is 15.1. The summed E-state index contributed by atoms with van der Waals surface area (Å²) >= 11 is 0. The number of hydrogen-bond donors (Lipinski definition) is 0. The molecule has 2 aromatic heterocycles. The summed E-state index contributed by atoms with van der Waals surface area (Å²) in [4.78, 5) is 11.2. The van der Waals surface area contributed by atoms with Gasteiger partial charge in [0.05, 0.1) is 22.0 Å². The number of benzene rings is 10. The van der Waals surface area contributed by atoms with Crippen LogP contribution in [0.4, 0.5) is 0 Å². The largest absolute Gasteiger partial charge is 0.456 e. The van der Waals surface area contributed by atoms with Gasteiger partial charge in [-0.25, -0.2) is 9.97 Å². The molecule has 0 bridgehead atoms. The van der Waals surface area contributed by atoms with Crippen molar-refractivity contribution in [1.82, 2.24) is 9.97 Å². The van der Waals surface area contributed by atoms with Crippen LogP contribution in [0.2, 0.25) is 0 Å². The van der Waals surface area contributed by atoms with Crippen LogP contribution in [0, 0.1) is 0 Å². The maximum absolute atomic E-state index is 7.20. The van der Waals surface area contributed by atoms with Gasteiger partial charge in [-0.15, -0.1) is 0 Å². The Balaban J connectivity index is 1.13. The molecule has 10 aromatic carbocycles.